The minimum atomic E-state index is -5.18. The van der Waals surface area contributed by atoms with E-state index in [1.165, 1.54) is 6.92 Å². The van der Waals surface area contributed by atoms with Crippen molar-refractivity contribution in [3.05, 3.63) is 29.3 Å². The van der Waals surface area contributed by atoms with Crippen LogP contribution in [0.5, 0.6) is 0 Å². The molecule has 10 atom stereocenters. The van der Waals surface area contributed by atoms with Gasteiger partial charge in [-0.15, -0.1) is 0 Å². The summed E-state index contributed by atoms with van der Waals surface area (Å²) in [4.78, 5) is 57.0. The summed E-state index contributed by atoms with van der Waals surface area (Å²) in [6, 6.07) is 0. The van der Waals surface area contributed by atoms with Crippen molar-refractivity contribution in [2.24, 2.45) is 0 Å². The number of carbonyl (C=O) groups excluding carboxylic acids is 1. The third-order valence-electron chi connectivity index (χ3n) is 7.91. The number of phosphoric ester groups is 2. The first-order chi connectivity index (χ1) is 24.2. The molecule has 3 aliphatic heterocycles. The highest BCUT2D eigenvalue weighted by molar-refractivity contribution is 8.13. The van der Waals surface area contributed by atoms with Crippen molar-refractivity contribution in [1.29, 1.82) is 0 Å². The highest BCUT2D eigenvalue weighted by Gasteiger charge is 2.55. The topological polar surface area (TPSA) is 315 Å². The molecule has 0 aromatic carbocycles. The molecule has 0 amide bonds. The summed E-state index contributed by atoms with van der Waals surface area (Å²) in [5.41, 5.74) is 10.8. The number of nitrogens with one attached hydrogen (secondary N) is 1. The van der Waals surface area contributed by atoms with Gasteiger partial charge in [-0.2, -0.15) is 4.98 Å². The Morgan fingerprint density at radius 3 is 2.51 bits per heavy atom. The number of carbonyl (C=O) groups is 1. The van der Waals surface area contributed by atoms with E-state index in [0.717, 1.165) is 39.9 Å². The number of thioether (sulfide) groups is 1. The Balaban J connectivity index is 1.24. The molecule has 3 fully saturated rings. The number of aromatic nitrogens is 8. The Hall–Kier alpha value is -3.45. The molecule has 0 spiro atoms. The molecule has 3 saturated heterocycles. The number of aliphatic hydroxyl groups excluding tert-OH is 1. The molecular weight excluding hydrogens is 749 g/mol. The lowest BCUT2D eigenvalue weighted by atomic mass is 10.1. The number of anilines is 2. The zero-order valence-corrected chi connectivity index (χ0v) is 28.6. The lowest BCUT2D eigenvalue weighted by Gasteiger charge is -2.27. The van der Waals surface area contributed by atoms with Crippen molar-refractivity contribution in [2.75, 3.05) is 37.0 Å². The number of rotatable bonds is 6. The molecule has 0 radical (unpaired) electrons. The molecule has 7 heterocycles. The molecule has 4 aromatic rings. The van der Waals surface area contributed by atoms with Crippen molar-refractivity contribution < 1.29 is 60.4 Å². The number of halogens is 1. The zero-order valence-electron chi connectivity index (χ0n) is 26.0. The van der Waals surface area contributed by atoms with Crippen LogP contribution in [0.2, 0.25) is 0 Å². The van der Waals surface area contributed by atoms with Crippen molar-refractivity contribution in [2.45, 2.75) is 56.1 Å². The van der Waals surface area contributed by atoms with Gasteiger partial charge in [-0.05, 0) is 0 Å². The van der Waals surface area contributed by atoms with Crippen molar-refractivity contribution in [1.82, 2.24) is 39.0 Å². The average Bonchev–Trinajstić information content (AvgIpc) is 3.83. The monoisotopic (exact) mass is 778 g/mol. The van der Waals surface area contributed by atoms with Crippen LogP contribution in [0.15, 0.2) is 23.8 Å². The van der Waals surface area contributed by atoms with Crippen LogP contribution in [0.1, 0.15) is 19.4 Å². The summed E-state index contributed by atoms with van der Waals surface area (Å²) in [6.45, 7) is -0.764. The molecule has 4 aromatic heterocycles. The molecule has 3 aliphatic rings. The summed E-state index contributed by atoms with van der Waals surface area (Å²) < 4.78 is 85.2. The van der Waals surface area contributed by atoms with Gasteiger partial charge in [0.2, 0.25) is 5.95 Å². The van der Waals surface area contributed by atoms with E-state index < -0.39 is 83.6 Å². The highest BCUT2D eigenvalue weighted by Crippen LogP contribution is 2.56. The van der Waals surface area contributed by atoms with Crippen molar-refractivity contribution in [3.8, 4) is 0 Å². The van der Waals surface area contributed by atoms with Gasteiger partial charge in [-0.1, -0.05) is 11.8 Å². The van der Waals surface area contributed by atoms with Crippen LogP contribution < -0.4 is 17.0 Å². The van der Waals surface area contributed by atoms with E-state index in [4.69, 9.17) is 43.6 Å². The average molecular weight is 779 g/mol. The Labute approximate surface area is 288 Å². The van der Waals surface area contributed by atoms with Crippen LogP contribution in [0.4, 0.5) is 16.2 Å². The highest BCUT2D eigenvalue weighted by atomic mass is 32.2. The second-order valence-corrected chi connectivity index (χ2v) is 15.5. The number of H-pyrrole nitrogens is 1. The number of phosphoric acid groups is 2. The molecule has 2 bridgehead atoms. The maximum atomic E-state index is 16.2. The van der Waals surface area contributed by atoms with Crippen LogP contribution in [-0.4, -0.2) is 116 Å². The SMILES string of the molecule is CC(=O)SCCOP1(=O)OC[C@H]2O[C@@H](n3cnc4c(N)ncnc43)C(F)C2OP(=O)(O)OC[C@H]2O[C@@H](n3cnc4c(=O)[nH]c(N)nc43)C(O1)C2O. The van der Waals surface area contributed by atoms with Crippen LogP contribution in [0.25, 0.3) is 22.3 Å². The molecule has 51 heavy (non-hydrogen) atoms. The largest absolute Gasteiger partial charge is 0.475 e. The number of ether oxygens (including phenoxy) is 2. The molecule has 0 saturated carbocycles. The minimum Gasteiger partial charge on any atom is -0.387 e. The standard InChI is InChI=1S/C24H29FN10O13P2S/c1-9(36)51-3-2-42-50(41)44-5-11-16(12(25)22(46-11)34-7-30-13-18(26)28-6-29-19(13)34)47-49(39,40)43-4-10-15(37)17(48-50)23(45-10)35-8-31-14-20(35)32-24(27)33-21(14)38/h6-8,10-12,15-17,22-23,37H,2-5H2,1H3,(H,39,40)(H2,26,28,29)(H3,27,32,33,38)/t10-,11-,12?,15?,16?,17?,22-,23-,50?/m1/s1. The molecule has 0 aliphatic carbocycles. The van der Waals surface area contributed by atoms with Gasteiger partial charge in [-0.3, -0.25) is 46.3 Å². The maximum Gasteiger partial charge on any atom is 0.475 e. The summed E-state index contributed by atoms with van der Waals surface area (Å²) in [5.74, 6) is -0.297. The van der Waals surface area contributed by atoms with Gasteiger partial charge in [0.1, 0.15) is 42.4 Å². The fourth-order valence-electron chi connectivity index (χ4n) is 5.66. The number of imidazole rings is 2. The molecule has 7 N–H and O–H groups in total. The fourth-order valence-corrected chi connectivity index (χ4v) is 8.56. The van der Waals surface area contributed by atoms with E-state index >= 15 is 4.39 Å². The summed E-state index contributed by atoms with van der Waals surface area (Å²) >= 11 is 0.845. The normalized spacial score (nSPS) is 34.6. The van der Waals surface area contributed by atoms with E-state index in [9.17, 15) is 28.7 Å². The molecule has 276 valence electrons. The van der Waals surface area contributed by atoms with Crippen LogP contribution in [0.3, 0.4) is 0 Å². The Morgan fingerprint density at radius 1 is 1.04 bits per heavy atom. The first-order valence-corrected chi connectivity index (χ1v) is 18.8. The minimum absolute atomic E-state index is 0.000464. The first-order valence-electron chi connectivity index (χ1n) is 14.9. The second kappa shape index (κ2) is 13.8. The number of fused-ring (bicyclic) bond motifs is 5. The number of aromatic amines is 1. The van der Waals surface area contributed by atoms with Gasteiger partial charge in [-0.25, -0.2) is 33.5 Å². The van der Waals surface area contributed by atoms with Crippen LogP contribution in [0, 0.1) is 0 Å². The third kappa shape index (κ3) is 7.04. The van der Waals surface area contributed by atoms with Gasteiger partial charge in [0.25, 0.3) is 5.56 Å². The number of hydrogen-bond acceptors (Lipinski definition) is 20. The zero-order chi connectivity index (χ0) is 36.2. The number of alkyl halides is 1. The predicted molar refractivity (Wildman–Crippen MR) is 169 cm³/mol. The summed E-state index contributed by atoms with van der Waals surface area (Å²) in [5, 5.41) is 11.1. The van der Waals surface area contributed by atoms with Crippen molar-refractivity contribution in [3.63, 3.8) is 0 Å². The summed E-state index contributed by atoms with van der Waals surface area (Å²) in [6.07, 6.45) is -10.4. The van der Waals surface area contributed by atoms with E-state index in [1.807, 2.05) is 0 Å². The number of nitrogens with two attached hydrogens (primary N) is 2. The van der Waals surface area contributed by atoms with Gasteiger partial charge in [0.05, 0.1) is 32.5 Å². The van der Waals surface area contributed by atoms with E-state index in [-0.39, 0.29) is 51.6 Å². The van der Waals surface area contributed by atoms with Crippen LogP contribution >= 0.6 is 27.4 Å². The lowest BCUT2D eigenvalue weighted by molar-refractivity contribution is -0.109. The molecule has 7 rings (SSSR count). The van der Waals surface area contributed by atoms with E-state index in [2.05, 4.69) is 29.9 Å². The Kier molecular flexibility index (Phi) is 9.75. The Morgan fingerprint density at radius 2 is 1.75 bits per heavy atom. The molecule has 27 heteroatoms. The predicted octanol–water partition coefficient (Wildman–Crippen LogP) is -0.0603. The fraction of sp³-hybridized carbons (Fsp3) is 0.542. The molecule has 6 unspecified atom stereocenters. The van der Waals surface area contributed by atoms with E-state index in [1.54, 1.807) is 0 Å². The van der Waals surface area contributed by atoms with E-state index in [0.29, 0.717) is 0 Å². The molecular formula is C24H29FN10O13P2S. The van der Waals surface area contributed by atoms with Crippen LogP contribution in [-0.2, 0) is 46.0 Å². The lowest BCUT2D eigenvalue weighted by Crippen LogP contribution is -2.35. The Bertz CT molecular complexity index is 2120. The smallest absolute Gasteiger partial charge is 0.387 e. The van der Waals surface area contributed by atoms with Gasteiger partial charge >= 0.3 is 15.6 Å². The second-order valence-electron chi connectivity index (χ2n) is 11.2. The number of nitrogens with zero attached hydrogens (tertiary/aromatic N) is 7. The molecule has 23 nitrogen and oxygen atoms in total. The third-order valence-corrected chi connectivity index (χ3v) is 11.1. The number of aliphatic hydroxyl groups is 1. The van der Waals surface area contributed by atoms with Gasteiger partial charge in [0, 0.05) is 12.7 Å². The summed E-state index contributed by atoms with van der Waals surface area (Å²) in [7, 11) is -10.0. The van der Waals surface area contributed by atoms with Gasteiger partial charge in [0.15, 0.2) is 46.4 Å². The van der Waals surface area contributed by atoms with Crippen molar-refractivity contribution >= 4 is 66.6 Å². The quantitative estimate of drug-likeness (QED) is 0.126. The maximum absolute atomic E-state index is 16.2. The van der Waals surface area contributed by atoms with Gasteiger partial charge < -0.3 is 30.9 Å². The first kappa shape index (κ1) is 35.9. The number of hydrogen-bond donors (Lipinski definition) is 5. The number of nitrogen functional groups attached to an aromatic ring is 2.